The molecule has 0 amide bonds. The lowest BCUT2D eigenvalue weighted by molar-refractivity contribution is 0.306. The Morgan fingerprint density at radius 3 is 2.58 bits per heavy atom. The summed E-state index contributed by atoms with van der Waals surface area (Å²) in [6.45, 7) is 0.334. The van der Waals surface area contributed by atoms with E-state index >= 15 is 0 Å². The molecule has 5 aromatic rings. The number of nitrogens with zero attached hydrogens (tertiary/aromatic N) is 2. The van der Waals surface area contributed by atoms with Crippen molar-refractivity contribution in [2.24, 2.45) is 4.99 Å². The minimum Gasteiger partial charge on any atom is -0.493 e. The van der Waals surface area contributed by atoms with E-state index in [1.54, 1.807) is 26.4 Å². The van der Waals surface area contributed by atoms with Gasteiger partial charge in [-0.05, 0) is 83.1 Å². The van der Waals surface area contributed by atoms with Gasteiger partial charge >= 0.3 is 0 Å². The van der Waals surface area contributed by atoms with Gasteiger partial charge in [-0.25, -0.2) is 4.99 Å². The number of halogens is 2. The normalized spacial score (nSPS) is 15.6. The number of methoxy groups -OCH3 is 2. The van der Waals surface area contributed by atoms with Crippen LogP contribution in [0.4, 0.5) is 0 Å². The van der Waals surface area contributed by atoms with E-state index in [1.807, 2.05) is 65.2 Å². The minimum absolute atomic E-state index is 0.0916. The average molecular weight is 656 g/mol. The molecule has 0 spiro atoms. The van der Waals surface area contributed by atoms with Crippen LogP contribution >= 0.6 is 34.5 Å². The van der Waals surface area contributed by atoms with E-state index in [4.69, 9.17) is 42.4 Å². The predicted octanol–water partition coefficient (Wildman–Crippen LogP) is 7.22. The zero-order valence-electron chi connectivity index (χ0n) is 24.6. The molecule has 9 heteroatoms. The Labute approximate surface area is 274 Å². The van der Waals surface area contributed by atoms with Crippen molar-refractivity contribution in [2.45, 2.75) is 25.5 Å². The molecule has 0 radical (unpaired) electrons. The van der Waals surface area contributed by atoms with Gasteiger partial charge in [-0.2, -0.15) is 0 Å². The Morgan fingerprint density at radius 2 is 1.76 bits per heavy atom. The van der Waals surface area contributed by atoms with Gasteiger partial charge in [0.2, 0.25) is 0 Å². The van der Waals surface area contributed by atoms with E-state index < -0.39 is 0 Å². The molecule has 2 aliphatic rings. The van der Waals surface area contributed by atoms with Crippen LogP contribution in [-0.2, 0) is 13.0 Å². The number of rotatable bonds is 7. The number of aromatic nitrogens is 1. The van der Waals surface area contributed by atoms with Gasteiger partial charge in [0.1, 0.15) is 12.4 Å². The summed E-state index contributed by atoms with van der Waals surface area (Å²) < 4.78 is 19.6. The molecule has 0 fully saturated rings. The van der Waals surface area contributed by atoms with Gasteiger partial charge in [-0.3, -0.25) is 9.36 Å². The fourth-order valence-electron chi connectivity index (χ4n) is 5.99. The Hall–Kier alpha value is -4.30. The molecule has 7 rings (SSSR count). The van der Waals surface area contributed by atoms with Crippen LogP contribution in [0.5, 0.6) is 17.2 Å². The van der Waals surface area contributed by atoms with Crippen molar-refractivity contribution in [1.82, 2.24) is 4.57 Å². The Kier molecular flexibility index (Phi) is 8.00. The summed E-state index contributed by atoms with van der Waals surface area (Å²) in [5, 5.41) is 0.987. The summed E-state index contributed by atoms with van der Waals surface area (Å²) in [6.07, 6.45) is 3.59. The number of ether oxygens (including phenoxy) is 3. The number of fused-ring (bicyclic) bond motifs is 3. The summed E-state index contributed by atoms with van der Waals surface area (Å²) in [5.41, 5.74) is 7.06. The molecule has 226 valence electrons. The van der Waals surface area contributed by atoms with Crippen LogP contribution in [0.1, 0.15) is 40.3 Å². The van der Waals surface area contributed by atoms with E-state index in [0.717, 1.165) is 46.4 Å². The highest BCUT2D eigenvalue weighted by Gasteiger charge is 2.33. The highest BCUT2D eigenvalue weighted by atomic mass is 35.5. The topological polar surface area (TPSA) is 62.0 Å². The van der Waals surface area contributed by atoms with Crippen LogP contribution < -0.4 is 29.1 Å². The van der Waals surface area contributed by atoms with Gasteiger partial charge in [0.15, 0.2) is 16.3 Å². The molecule has 2 heterocycles. The van der Waals surface area contributed by atoms with Crippen LogP contribution in [0.2, 0.25) is 10.0 Å². The second kappa shape index (κ2) is 12.2. The van der Waals surface area contributed by atoms with Gasteiger partial charge < -0.3 is 14.2 Å². The molecule has 0 N–H and O–H groups in total. The lowest BCUT2D eigenvalue weighted by Crippen LogP contribution is -2.38. The molecule has 0 bridgehead atoms. The fraction of sp³-hybridized carbons (Fsp3) is 0.167. The van der Waals surface area contributed by atoms with Gasteiger partial charge in [0, 0.05) is 5.56 Å². The van der Waals surface area contributed by atoms with Crippen molar-refractivity contribution in [1.29, 1.82) is 0 Å². The third-order valence-electron chi connectivity index (χ3n) is 8.14. The standard InChI is InChI=1S/C36H28Cl2N2O4S/c1-42-30-15-12-24(19-31(30)43-2)34-27-13-11-23-7-3-4-9-26(23)33(27)39-36-40(34)35(41)32(45-36)18-21-6-5-8-25(16-21)44-20-22-10-14-28(37)29(38)17-22/h3-10,12,14-19,34H,11,13,20H2,1-2H3/b32-18-/t34-/m1/s1. The lowest BCUT2D eigenvalue weighted by atomic mass is 9.83. The molecule has 6 nitrogen and oxygen atoms in total. The summed E-state index contributed by atoms with van der Waals surface area (Å²) in [7, 11) is 3.24. The molecule has 4 aromatic carbocycles. The molecule has 1 aliphatic heterocycles. The molecule has 1 aromatic heterocycles. The molecule has 1 atom stereocenters. The Balaban J connectivity index is 1.31. The first-order valence-electron chi connectivity index (χ1n) is 14.5. The van der Waals surface area contributed by atoms with Crippen LogP contribution in [0, 0.1) is 0 Å². The molecular weight excluding hydrogens is 627 g/mol. The number of benzene rings is 4. The second-order valence-corrected chi connectivity index (χ2v) is 12.7. The zero-order valence-corrected chi connectivity index (χ0v) is 26.9. The van der Waals surface area contributed by atoms with Crippen LogP contribution in [0.25, 0.3) is 11.8 Å². The van der Waals surface area contributed by atoms with Crippen molar-refractivity contribution < 1.29 is 14.2 Å². The Bertz CT molecular complexity index is 2170. The first-order chi connectivity index (χ1) is 21.9. The smallest absolute Gasteiger partial charge is 0.271 e. The maximum Gasteiger partial charge on any atom is 0.271 e. The fourth-order valence-corrected chi connectivity index (χ4v) is 7.31. The first-order valence-corrected chi connectivity index (χ1v) is 16.0. The average Bonchev–Trinajstić information content (AvgIpc) is 3.37. The second-order valence-electron chi connectivity index (χ2n) is 10.8. The molecule has 0 saturated carbocycles. The highest BCUT2D eigenvalue weighted by molar-refractivity contribution is 7.07. The van der Waals surface area contributed by atoms with E-state index in [0.29, 0.717) is 43.2 Å². The number of allylic oxidation sites excluding steroid dienone is 1. The van der Waals surface area contributed by atoms with Crippen molar-refractivity contribution in [3.8, 4) is 17.2 Å². The molecule has 0 unspecified atom stereocenters. The summed E-state index contributed by atoms with van der Waals surface area (Å²) in [4.78, 5) is 20.0. The van der Waals surface area contributed by atoms with E-state index in [2.05, 4.69) is 18.2 Å². The number of thiazole rings is 1. The van der Waals surface area contributed by atoms with Crippen LogP contribution in [-0.4, -0.2) is 18.8 Å². The van der Waals surface area contributed by atoms with Crippen molar-refractivity contribution in [3.63, 3.8) is 0 Å². The van der Waals surface area contributed by atoms with E-state index in [1.165, 1.54) is 16.9 Å². The molecule has 45 heavy (non-hydrogen) atoms. The van der Waals surface area contributed by atoms with Crippen molar-refractivity contribution in [2.75, 3.05) is 14.2 Å². The largest absolute Gasteiger partial charge is 0.493 e. The van der Waals surface area contributed by atoms with Crippen LogP contribution in [0.3, 0.4) is 0 Å². The SMILES string of the molecule is COc1ccc([C@@H]2C3=C(N=c4s/c(=C\c5cccc(OCc6ccc(Cl)c(Cl)c6)c5)c(=O)n42)c2ccccc2CC3)cc1OC. The number of hydrogen-bond donors (Lipinski definition) is 0. The summed E-state index contributed by atoms with van der Waals surface area (Å²) in [6, 6.07) is 27.0. The van der Waals surface area contributed by atoms with E-state index in [9.17, 15) is 4.79 Å². The van der Waals surface area contributed by atoms with Gasteiger partial charge in [-0.1, -0.05) is 83.1 Å². The maximum absolute atomic E-state index is 14.2. The van der Waals surface area contributed by atoms with Gasteiger partial charge in [0.25, 0.3) is 5.56 Å². The van der Waals surface area contributed by atoms with Crippen LogP contribution in [0.15, 0.2) is 100 Å². The first kappa shape index (κ1) is 29.4. The van der Waals surface area contributed by atoms with Crippen molar-refractivity contribution in [3.05, 3.63) is 148 Å². The van der Waals surface area contributed by atoms with E-state index in [-0.39, 0.29) is 11.6 Å². The maximum atomic E-state index is 14.2. The monoisotopic (exact) mass is 654 g/mol. The summed E-state index contributed by atoms with van der Waals surface area (Å²) >= 11 is 13.6. The zero-order chi connectivity index (χ0) is 31.1. The van der Waals surface area contributed by atoms with Crippen molar-refractivity contribution >= 4 is 46.3 Å². The predicted molar refractivity (Wildman–Crippen MR) is 180 cm³/mol. The summed E-state index contributed by atoms with van der Waals surface area (Å²) in [5.74, 6) is 1.93. The third-order valence-corrected chi connectivity index (χ3v) is 9.86. The molecular formula is C36H28Cl2N2O4S. The third kappa shape index (κ3) is 5.56. The Morgan fingerprint density at radius 1 is 0.911 bits per heavy atom. The molecule has 1 aliphatic carbocycles. The van der Waals surface area contributed by atoms with Gasteiger partial charge in [-0.15, -0.1) is 0 Å². The minimum atomic E-state index is -0.326. The number of hydrogen-bond acceptors (Lipinski definition) is 6. The highest BCUT2D eigenvalue weighted by Crippen LogP contribution is 2.42. The lowest BCUT2D eigenvalue weighted by Gasteiger charge is -2.31. The molecule has 0 saturated heterocycles. The van der Waals surface area contributed by atoms with Gasteiger partial charge in [0.05, 0.1) is 40.5 Å². The quantitative estimate of drug-likeness (QED) is 0.186. The number of aryl methyl sites for hydroxylation is 1.